The molecule has 2 aliphatic rings. The molecule has 1 fully saturated rings. The summed E-state index contributed by atoms with van der Waals surface area (Å²) >= 11 is 1.85. The Morgan fingerprint density at radius 2 is 1.82 bits per heavy atom. The van der Waals surface area contributed by atoms with Crippen molar-refractivity contribution in [2.75, 3.05) is 49.5 Å². The van der Waals surface area contributed by atoms with Gasteiger partial charge in [0.05, 0.1) is 5.39 Å². The number of benzene rings is 1. The van der Waals surface area contributed by atoms with Gasteiger partial charge in [0.2, 0.25) is 0 Å². The van der Waals surface area contributed by atoms with E-state index in [0.717, 1.165) is 74.1 Å². The first-order valence-electron chi connectivity index (χ1n) is 12.5. The number of aryl methyl sites for hydroxylation is 2. The first-order chi connectivity index (χ1) is 16.6. The monoisotopic (exact) mass is 478 g/mol. The summed E-state index contributed by atoms with van der Waals surface area (Å²) in [5.74, 6) is 2.02. The summed E-state index contributed by atoms with van der Waals surface area (Å²) in [5.41, 5.74) is 3.47. The van der Waals surface area contributed by atoms with Gasteiger partial charge in [-0.25, -0.2) is 14.8 Å². The van der Waals surface area contributed by atoms with E-state index in [0.29, 0.717) is 13.1 Å². The lowest BCUT2D eigenvalue weighted by Crippen LogP contribution is -2.50. The van der Waals surface area contributed by atoms with Gasteiger partial charge < -0.3 is 15.1 Å². The number of piperazine rings is 1. The number of carbonyl (C=O) groups excluding carboxylic acids is 1. The van der Waals surface area contributed by atoms with E-state index >= 15 is 0 Å². The second-order valence-electron chi connectivity index (χ2n) is 9.29. The number of hydrogen-bond donors (Lipinski definition) is 1. The number of nitrogens with one attached hydrogen (secondary N) is 1. The normalized spacial score (nSPS) is 16.7. The summed E-state index contributed by atoms with van der Waals surface area (Å²) in [6.07, 6.45) is 2.99. The van der Waals surface area contributed by atoms with E-state index in [2.05, 4.69) is 29.0 Å². The lowest BCUT2D eigenvalue weighted by atomic mass is 10.0. The molecule has 0 saturated carbocycles. The fraction of sp³-hybridized carbons (Fsp3) is 0.500. The highest BCUT2D eigenvalue weighted by molar-refractivity contribution is 7.19. The standard InChI is InChI=1S/C26H34N6OS/c1-4-6-22-28-24(23-20-11-12-30(5-2)17-21(20)34-25(23)29-22)31-13-15-32(16-14-31)26(33)27-19-9-7-18(3)8-10-19/h7-10H,4-6,11-17H2,1-3H3,(H,27,33). The molecule has 0 spiro atoms. The molecule has 0 aliphatic carbocycles. The van der Waals surface area contributed by atoms with E-state index in [9.17, 15) is 4.79 Å². The smallest absolute Gasteiger partial charge is 0.321 e. The van der Waals surface area contributed by atoms with Crippen LogP contribution in [0.15, 0.2) is 24.3 Å². The zero-order chi connectivity index (χ0) is 23.7. The van der Waals surface area contributed by atoms with Gasteiger partial charge in [-0.1, -0.05) is 31.5 Å². The van der Waals surface area contributed by atoms with Crippen molar-refractivity contribution in [3.63, 3.8) is 0 Å². The highest BCUT2D eigenvalue weighted by Gasteiger charge is 2.28. The molecule has 180 valence electrons. The number of hydrogen-bond acceptors (Lipinski definition) is 6. The Bertz CT molecular complexity index is 1170. The summed E-state index contributed by atoms with van der Waals surface area (Å²) in [6.45, 7) is 12.6. The fourth-order valence-electron chi connectivity index (χ4n) is 4.87. The Kier molecular flexibility index (Phi) is 6.70. The van der Waals surface area contributed by atoms with E-state index in [4.69, 9.17) is 9.97 Å². The summed E-state index contributed by atoms with van der Waals surface area (Å²) in [4.78, 5) is 32.2. The summed E-state index contributed by atoms with van der Waals surface area (Å²) < 4.78 is 0. The zero-order valence-corrected chi connectivity index (χ0v) is 21.2. The van der Waals surface area contributed by atoms with Gasteiger partial charge in [-0.15, -0.1) is 11.3 Å². The van der Waals surface area contributed by atoms with Crippen LogP contribution in [0, 0.1) is 6.92 Å². The number of rotatable bonds is 5. The Labute approximate surface area is 205 Å². The van der Waals surface area contributed by atoms with Gasteiger partial charge in [-0.05, 0) is 44.0 Å². The zero-order valence-electron chi connectivity index (χ0n) is 20.4. The number of fused-ring (bicyclic) bond motifs is 3. The van der Waals surface area contributed by atoms with Gasteiger partial charge >= 0.3 is 6.03 Å². The highest BCUT2D eigenvalue weighted by Crippen LogP contribution is 2.39. The Hall–Kier alpha value is -2.71. The first kappa shape index (κ1) is 23.1. The molecule has 0 bridgehead atoms. The highest BCUT2D eigenvalue weighted by atomic mass is 32.1. The SMILES string of the molecule is CCCc1nc(N2CCN(C(=O)Nc3ccc(C)cc3)CC2)c2c3c(sc2n1)CN(CC)CC3. The van der Waals surface area contributed by atoms with Crippen molar-refractivity contribution >= 4 is 39.1 Å². The number of carbonyl (C=O) groups is 1. The molecule has 1 aromatic carbocycles. The molecule has 0 unspecified atom stereocenters. The van der Waals surface area contributed by atoms with Crippen LogP contribution in [-0.4, -0.2) is 65.1 Å². The van der Waals surface area contributed by atoms with E-state index in [1.54, 1.807) is 0 Å². The van der Waals surface area contributed by atoms with Crippen LogP contribution in [0.1, 0.15) is 42.1 Å². The first-order valence-corrected chi connectivity index (χ1v) is 13.3. The third kappa shape index (κ3) is 4.61. The molecule has 5 rings (SSSR count). The molecule has 7 nitrogen and oxygen atoms in total. The van der Waals surface area contributed by atoms with Crippen LogP contribution >= 0.6 is 11.3 Å². The van der Waals surface area contributed by atoms with E-state index in [1.165, 1.54) is 21.4 Å². The van der Waals surface area contributed by atoms with Crippen molar-refractivity contribution in [1.29, 1.82) is 0 Å². The maximum Gasteiger partial charge on any atom is 0.321 e. The molecule has 2 aliphatic heterocycles. The van der Waals surface area contributed by atoms with Gasteiger partial charge in [0.25, 0.3) is 0 Å². The number of thiophene rings is 1. The molecule has 1 N–H and O–H groups in total. The maximum absolute atomic E-state index is 12.8. The predicted octanol–water partition coefficient (Wildman–Crippen LogP) is 4.68. The van der Waals surface area contributed by atoms with Crippen LogP contribution in [0.4, 0.5) is 16.3 Å². The molecular weight excluding hydrogens is 444 g/mol. The number of aromatic nitrogens is 2. The van der Waals surface area contributed by atoms with E-state index < -0.39 is 0 Å². The van der Waals surface area contributed by atoms with Crippen LogP contribution < -0.4 is 10.2 Å². The van der Waals surface area contributed by atoms with Crippen molar-refractivity contribution in [1.82, 2.24) is 19.8 Å². The Morgan fingerprint density at radius 1 is 1.06 bits per heavy atom. The summed E-state index contributed by atoms with van der Waals surface area (Å²) in [7, 11) is 0. The van der Waals surface area contributed by atoms with Crippen LogP contribution in [0.3, 0.4) is 0 Å². The number of anilines is 2. The van der Waals surface area contributed by atoms with Crippen molar-refractivity contribution in [3.05, 3.63) is 46.1 Å². The molecule has 8 heteroatoms. The second kappa shape index (κ2) is 9.88. The molecule has 0 radical (unpaired) electrons. The Morgan fingerprint density at radius 3 is 2.53 bits per heavy atom. The van der Waals surface area contributed by atoms with Gasteiger partial charge in [0, 0.05) is 56.3 Å². The maximum atomic E-state index is 12.8. The fourth-order valence-corrected chi connectivity index (χ4v) is 6.14. The third-order valence-electron chi connectivity index (χ3n) is 6.90. The van der Waals surface area contributed by atoms with Crippen LogP contribution in [0.25, 0.3) is 10.2 Å². The molecule has 1 saturated heterocycles. The van der Waals surface area contributed by atoms with Crippen LogP contribution in [0.2, 0.25) is 0 Å². The molecule has 2 amide bonds. The van der Waals surface area contributed by atoms with Crippen LogP contribution in [-0.2, 0) is 19.4 Å². The third-order valence-corrected chi connectivity index (χ3v) is 8.01. The minimum Gasteiger partial charge on any atom is -0.352 e. The van der Waals surface area contributed by atoms with Crippen molar-refractivity contribution in [2.24, 2.45) is 0 Å². The lowest BCUT2D eigenvalue weighted by molar-refractivity contribution is 0.208. The predicted molar refractivity (Wildman–Crippen MR) is 140 cm³/mol. The molecule has 0 atom stereocenters. The lowest BCUT2D eigenvalue weighted by Gasteiger charge is -2.36. The van der Waals surface area contributed by atoms with Gasteiger partial charge in [0.1, 0.15) is 16.5 Å². The molecule has 34 heavy (non-hydrogen) atoms. The molecule has 4 heterocycles. The summed E-state index contributed by atoms with van der Waals surface area (Å²) in [6, 6.07) is 7.91. The minimum atomic E-state index is -0.0319. The molecule has 3 aromatic rings. The topological polar surface area (TPSA) is 64.6 Å². The Balaban J connectivity index is 1.36. The van der Waals surface area contributed by atoms with Gasteiger partial charge in [-0.3, -0.25) is 4.90 Å². The van der Waals surface area contributed by atoms with E-state index in [-0.39, 0.29) is 6.03 Å². The van der Waals surface area contributed by atoms with Crippen molar-refractivity contribution in [3.8, 4) is 0 Å². The van der Waals surface area contributed by atoms with Crippen molar-refractivity contribution in [2.45, 2.75) is 46.6 Å². The average molecular weight is 479 g/mol. The quantitative estimate of drug-likeness (QED) is 0.577. The van der Waals surface area contributed by atoms with Gasteiger partial charge in [0.15, 0.2) is 0 Å². The molecular formula is C26H34N6OS. The number of urea groups is 1. The second-order valence-corrected chi connectivity index (χ2v) is 10.4. The minimum absolute atomic E-state index is 0.0319. The summed E-state index contributed by atoms with van der Waals surface area (Å²) in [5, 5.41) is 4.29. The number of amides is 2. The van der Waals surface area contributed by atoms with Gasteiger partial charge in [-0.2, -0.15) is 0 Å². The largest absolute Gasteiger partial charge is 0.352 e. The van der Waals surface area contributed by atoms with Crippen molar-refractivity contribution < 1.29 is 4.79 Å². The number of nitrogens with zero attached hydrogens (tertiary/aromatic N) is 5. The van der Waals surface area contributed by atoms with E-state index in [1.807, 2.05) is 47.4 Å². The van der Waals surface area contributed by atoms with Crippen LogP contribution in [0.5, 0.6) is 0 Å². The molecule has 2 aromatic heterocycles. The number of likely N-dealkylation sites (N-methyl/N-ethyl adjacent to an activating group) is 1. The average Bonchev–Trinajstić information content (AvgIpc) is 3.22.